The lowest BCUT2D eigenvalue weighted by Gasteiger charge is -2.20. The van der Waals surface area contributed by atoms with Gasteiger partial charge in [0, 0.05) is 30.8 Å². The van der Waals surface area contributed by atoms with Gasteiger partial charge in [0.2, 0.25) is 10.0 Å². The number of benzene rings is 1. The van der Waals surface area contributed by atoms with Crippen molar-refractivity contribution in [3.05, 3.63) is 27.3 Å². The summed E-state index contributed by atoms with van der Waals surface area (Å²) in [6.07, 6.45) is 5.01. The number of nitrogens with one attached hydrogen (secondary N) is 1. The fraction of sp³-hybridized carbons (Fsp3) is 0.588. The van der Waals surface area contributed by atoms with Gasteiger partial charge in [0.25, 0.3) is 5.91 Å². The summed E-state index contributed by atoms with van der Waals surface area (Å²) in [5, 5.41) is 2.92. The van der Waals surface area contributed by atoms with Crippen molar-refractivity contribution >= 4 is 38.5 Å². The Hall–Kier alpha value is -0.710. The average Bonchev–Trinajstić information content (AvgIpc) is 2.83. The van der Waals surface area contributed by atoms with E-state index in [0.717, 1.165) is 27.5 Å². The molecule has 1 aliphatic rings. The van der Waals surface area contributed by atoms with Crippen molar-refractivity contribution < 1.29 is 13.2 Å². The van der Waals surface area contributed by atoms with Gasteiger partial charge in [0.05, 0.1) is 10.5 Å². The van der Waals surface area contributed by atoms with Gasteiger partial charge in [0.15, 0.2) is 0 Å². The van der Waals surface area contributed by atoms with Crippen molar-refractivity contribution in [3.8, 4) is 0 Å². The molecule has 1 fully saturated rings. The van der Waals surface area contributed by atoms with Crippen LogP contribution in [0, 0.1) is 3.57 Å². The molecule has 0 unspecified atom stereocenters. The monoisotopic (exact) mass is 479 g/mol. The average molecular weight is 479 g/mol. The molecule has 0 spiro atoms. The molecular formula is C17H26IN3O3S. The minimum atomic E-state index is -3.55. The van der Waals surface area contributed by atoms with Crippen LogP contribution in [0.2, 0.25) is 0 Å². The molecule has 0 atom stereocenters. The van der Waals surface area contributed by atoms with Gasteiger partial charge in [-0.1, -0.05) is 12.8 Å². The van der Waals surface area contributed by atoms with Gasteiger partial charge in [-0.2, -0.15) is 0 Å². The smallest absolute Gasteiger partial charge is 0.252 e. The Morgan fingerprint density at radius 2 is 1.84 bits per heavy atom. The highest BCUT2D eigenvalue weighted by molar-refractivity contribution is 14.1. The molecule has 1 aromatic rings. The Balaban J connectivity index is 2.01. The van der Waals surface area contributed by atoms with Crippen LogP contribution in [0.1, 0.15) is 36.0 Å². The second-order valence-electron chi connectivity index (χ2n) is 6.44. The third-order valence-electron chi connectivity index (χ3n) is 4.37. The molecule has 1 aromatic carbocycles. The second kappa shape index (κ2) is 9.29. The SMILES string of the molecule is CN(C)S(=O)(=O)c1ccc(I)c(C(=O)NCCN2CCCCCC2)c1. The number of rotatable bonds is 6. The molecule has 1 amide bonds. The van der Waals surface area contributed by atoms with E-state index in [9.17, 15) is 13.2 Å². The molecule has 8 heteroatoms. The third-order valence-corrected chi connectivity index (χ3v) is 7.13. The van der Waals surface area contributed by atoms with E-state index in [1.807, 2.05) is 0 Å². The van der Waals surface area contributed by atoms with Crippen LogP contribution in [0.4, 0.5) is 0 Å². The van der Waals surface area contributed by atoms with Gasteiger partial charge >= 0.3 is 0 Å². The van der Waals surface area contributed by atoms with Crippen LogP contribution < -0.4 is 5.32 Å². The predicted molar refractivity (Wildman–Crippen MR) is 107 cm³/mol. The first-order valence-corrected chi connectivity index (χ1v) is 11.1. The van der Waals surface area contributed by atoms with Crippen molar-refractivity contribution in [2.45, 2.75) is 30.6 Å². The summed E-state index contributed by atoms with van der Waals surface area (Å²) in [4.78, 5) is 15.0. The van der Waals surface area contributed by atoms with Crippen molar-refractivity contribution in [1.29, 1.82) is 0 Å². The molecule has 0 radical (unpaired) electrons. The number of nitrogens with zero attached hydrogens (tertiary/aromatic N) is 2. The standard InChI is InChI=1S/C17H26IN3O3S/c1-20(2)25(23,24)14-7-8-16(18)15(13-14)17(22)19-9-12-21-10-5-3-4-6-11-21/h7-8,13H,3-6,9-12H2,1-2H3,(H,19,22). The highest BCUT2D eigenvalue weighted by Gasteiger charge is 2.20. The number of carbonyl (C=O) groups excluding carboxylic acids is 1. The second-order valence-corrected chi connectivity index (χ2v) is 9.75. The van der Waals surface area contributed by atoms with Crippen molar-refractivity contribution in [2.75, 3.05) is 40.3 Å². The van der Waals surface area contributed by atoms with Gasteiger partial charge in [-0.15, -0.1) is 0 Å². The molecule has 1 N–H and O–H groups in total. The Kier molecular flexibility index (Phi) is 7.66. The Morgan fingerprint density at radius 3 is 2.44 bits per heavy atom. The van der Waals surface area contributed by atoms with Gasteiger partial charge in [-0.25, -0.2) is 12.7 Å². The Labute approximate surface area is 164 Å². The molecule has 0 aliphatic carbocycles. The summed E-state index contributed by atoms with van der Waals surface area (Å²) < 4.78 is 26.4. The maximum absolute atomic E-state index is 12.5. The highest BCUT2D eigenvalue weighted by Crippen LogP contribution is 2.20. The molecule has 25 heavy (non-hydrogen) atoms. The number of likely N-dealkylation sites (tertiary alicyclic amines) is 1. The van der Waals surface area contributed by atoms with Gasteiger partial charge in [-0.3, -0.25) is 4.79 Å². The van der Waals surface area contributed by atoms with Crippen LogP contribution in [0.3, 0.4) is 0 Å². The van der Waals surface area contributed by atoms with Gasteiger partial charge < -0.3 is 10.2 Å². The summed E-state index contributed by atoms with van der Waals surface area (Å²) >= 11 is 2.06. The number of hydrogen-bond acceptors (Lipinski definition) is 4. The summed E-state index contributed by atoms with van der Waals surface area (Å²) in [7, 11) is -0.589. The number of hydrogen-bond donors (Lipinski definition) is 1. The lowest BCUT2D eigenvalue weighted by molar-refractivity contribution is 0.0947. The van der Waals surface area contributed by atoms with Crippen molar-refractivity contribution in [3.63, 3.8) is 0 Å². The summed E-state index contributed by atoms with van der Waals surface area (Å²) in [5.41, 5.74) is 0.402. The van der Waals surface area contributed by atoms with Crippen LogP contribution in [-0.4, -0.2) is 63.8 Å². The molecule has 140 valence electrons. The Morgan fingerprint density at radius 1 is 1.20 bits per heavy atom. The van der Waals surface area contributed by atoms with Crippen LogP contribution in [-0.2, 0) is 10.0 Å². The molecule has 1 heterocycles. The zero-order valence-corrected chi connectivity index (χ0v) is 17.8. The van der Waals surface area contributed by atoms with Crippen LogP contribution in [0.15, 0.2) is 23.1 Å². The largest absolute Gasteiger partial charge is 0.351 e. The fourth-order valence-corrected chi connectivity index (χ4v) is 4.34. The topological polar surface area (TPSA) is 69.7 Å². The zero-order chi connectivity index (χ0) is 18.4. The van der Waals surface area contributed by atoms with E-state index in [4.69, 9.17) is 0 Å². The first kappa shape index (κ1) is 20.6. The quantitative estimate of drug-likeness (QED) is 0.635. The molecule has 1 aliphatic heterocycles. The van der Waals surface area contributed by atoms with Crippen molar-refractivity contribution in [2.24, 2.45) is 0 Å². The summed E-state index contributed by atoms with van der Waals surface area (Å²) in [5.74, 6) is -0.227. The van der Waals surface area contributed by atoms with E-state index in [1.54, 1.807) is 6.07 Å². The fourth-order valence-electron chi connectivity index (χ4n) is 2.83. The maximum atomic E-state index is 12.5. The minimum Gasteiger partial charge on any atom is -0.351 e. The van der Waals surface area contributed by atoms with E-state index in [-0.39, 0.29) is 10.8 Å². The zero-order valence-electron chi connectivity index (χ0n) is 14.8. The van der Waals surface area contributed by atoms with Gasteiger partial charge in [0.1, 0.15) is 0 Å². The lowest BCUT2D eigenvalue weighted by Crippen LogP contribution is -2.35. The van der Waals surface area contributed by atoms with Crippen LogP contribution >= 0.6 is 22.6 Å². The van der Waals surface area contributed by atoms with E-state index in [2.05, 4.69) is 32.8 Å². The number of carbonyl (C=O) groups is 1. The maximum Gasteiger partial charge on any atom is 0.252 e. The van der Waals surface area contributed by atoms with Crippen molar-refractivity contribution in [1.82, 2.24) is 14.5 Å². The van der Waals surface area contributed by atoms with Crippen LogP contribution in [0.5, 0.6) is 0 Å². The minimum absolute atomic E-state index is 0.135. The Bertz CT molecular complexity index is 699. The lowest BCUT2D eigenvalue weighted by atomic mass is 10.2. The van der Waals surface area contributed by atoms with E-state index < -0.39 is 10.0 Å². The summed E-state index contributed by atoms with van der Waals surface area (Å²) in [6, 6.07) is 4.66. The van der Waals surface area contributed by atoms with E-state index in [0.29, 0.717) is 12.1 Å². The molecule has 0 aromatic heterocycles. The number of amides is 1. The van der Waals surface area contributed by atoms with Crippen LogP contribution in [0.25, 0.3) is 0 Å². The highest BCUT2D eigenvalue weighted by atomic mass is 127. The van der Waals surface area contributed by atoms with Gasteiger partial charge in [-0.05, 0) is 66.7 Å². The summed E-state index contributed by atoms with van der Waals surface area (Å²) in [6.45, 7) is 3.57. The molecule has 0 saturated carbocycles. The molecule has 2 rings (SSSR count). The molecule has 6 nitrogen and oxygen atoms in total. The number of halogens is 1. The third kappa shape index (κ3) is 5.63. The molecular weight excluding hydrogens is 453 g/mol. The first-order valence-electron chi connectivity index (χ1n) is 8.55. The van der Waals surface area contributed by atoms with E-state index in [1.165, 1.54) is 51.9 Å². The first-order chi connectivity index (χ1) is 11.8. The normalized spacial score (nSPS) is 16.6. The number of sulfonamides is 1. The molecule has 0 bridgehead atoms. The predicted octanol–water partition coefficient (Wildman–Crippen LogP) is 2.15. The molecule has 1 saturated heterocycles. The van der Waals surface area contributed by atoms with E-state index >= 15 is 0 Å².